The average Bonchev–Trinajstić information content (AvgIpc) is 3.20. The molecule has 196 valence electrons. The van der Waals surface area contributed by atoms with Gasteiger partial charge in [-0.25, -0.2) is 0 Å². The third-order valence-electron chi connectivity index (χ3n) is 6.10. The number of allylic oxidation sites excluding steroid dienone is 1. The summed E-state index contributed by atoms with van der Waals surface area (Å²) >= 11 is 0.909. The quantitative estimate of drug-likeness (QED) is 0.544. The lowest BCUT2D eigenvalue weighted by molar-refractivity contribution is -0.142. The van der Waals surface area contributed by atoms with Gasteiger partial charge in [-0.1, -0.05) is 41.6 Å². The van der Waals surface area contributed by atoms with E-state index in [1.807, 2.05) is 13.0 Å². The van der Waals surface area contributed by atoms with Crippen LogP contribution in [0.2, 0.25) is 0 Å². The first-order valence-corrected chi connectivity index (χ1v) is 12.1. The van der Waals surface area contributed by atoms with Crippen LogP contribution in [0.3, 0.4) is 0 Å². The molecule has 0 spiro atoms. The molecule has 0 aromatic heterocycles. The van der Waals surface area contributed by atoms with E-state index in [9.17, 15) is 32.8 Å². The number of nitriles is 1. The highest BCUT2D eigenvalue weighted by Crippen LogP contribution is 2.50. The zero-order valence-electron chi connectivity index (χ0n) is 20.1. The Labute approximate surface area is 219 Å². The van der Waals surface area contributed by atoms with E-state index in [1.165, 1.54) is 19.2 Å². The van der Waals surface area contributed by atoms with Crippen molar-refractivity contribution >= 4 is 35.2 Å². The number of benzene rings is 2. The van der Waals surface area contributed by atoms with Crippen LogP contribution in [0, 0.1) is 18.3 Å². The molecule has 12 heteroatoms. The van der Waals surface area contributed by atoms with Gasteiger partial charge in [0.05, 0.1) is 47.3 Å². The zero-order valence-corrected chi connectivity index (χ0v) is 20.9. The molecule has 38 heavy (non-hydrogen) atoms. The minimum absolute atomic E-state index is 0.0539. The first-order valence-electron chi connectivity index (χ1n) is 11.2. The van der Waals surface area contributed by atoms with Gasteiger partial charge in [0.2, 0.25) is 5.91 Å². The van der Waals surface area contributed by atoms with Gasteiger partial charge in [0.1, 0.15) is 11.1 Å². The number of thioether (sulfide) groups is 1. The zero-order chi connectivity index (χ0) is 27.8. The predicted octanol–water partition coefficient (Wildman–Crippen LogP) is 4.16. The van der Waals surface area contributed by atoms with E-state index in [2.05, 4.69) is 10.1 Å². The number of nitrogens with two attached hydrogens (primary N) is 1. The molecule has 1 fully saturated rings. The summed E-state index contributed by atoms with van der Waals surface area (Å²) < 4.78 is 44.3. The van der Waals surface area contributed by atoms with Gasteiger partial charge in [-0.05, 0) is 36.8 Å². The van der Waals surface area contributed by atoms with Crippen molar-refractivity contribution in [3.05, 3.63) is 87.2 Å². The van der Waals surface area contributed by atoms with Crippen molar-refractivity contribution in [3.63, 3.8) is 0 Å². The highest BCUT2D eigenvalue weighted by Gasteiger charge is 2.48. The van der Waals surface area contributed by atoms with Crippen LogP contribution in [0.15, 0.2) is 70.5 Å². The summed E-state index contributed by atoms with van der Waals surface area (Å²) in [7, 11) is 1.17. The molecule has 2 amide bonds. The molecule has 8 nitrogen and oxygen atoms in total. The van der Waals surface area contributed by atoms with E-state index in [4.69, 9.17) is 5.73 Å². The van der Waals surface area contributed by atoms with Crippen LogP contribution in [0.4, 0.5) is 18.9 Å². The van der Waals surface area contributed by atoms with Gasteiger partial charge in [-0.15, -0.1) is 0 Å². The molecule has 1 saturated heterocycles. The van der Waals surface area contributed by atoms with Crippen LogP contribution in [-0.2, 0) is 25.3 Å². The van der Waals surface area contributed by atoms with Crippen molar-refractivity contribution in [2.75, 3.05) is 12.4 Å². The molecule has 2 heterocycles. The first kappa shape index (κ1) is 26.8. The number of amides is 2. The molecule has 2 aromatic carbocycles. The Hall–Kier alpha value is -4.24. The van der Waals surface area contributed by atoms with E-state index in [0.29, 0.717) is 5.69 Å². The predicted molar refractivity (Wildman–Crippen MR) is 133 cm³/mol. The number of ether oxygens (including phenoxy) is 1. The van der Waals surface area contributed by atoms with E-state index in [-0.39, 0.29) is 34.0 Å². The van der Waals surface area contributed by atoms with E-state index >= 15 is 0 Å². The van der Waals surface area contributed by atoms with Crippen LogP contribution in [0.5, 0.6) is 0 Å². The number of aryl methyl sites for hydroxylation is 1. The number of anilines is 1. The number of hydrogen-bond acceptors (Lipinski definition) is 7. The highest BCUT2D eigenvalue weighted by molar-refractivity contribution is 8.04. The maximum Gasteiger partial charge on any atom is 0.416 e. The standard InChI is InChI=1S/C26H21F3N4O4S/c1-13-3-9-16(10-4-13)32-23(35)21-20(14-5-7-15(8-6-14)26(27,28)29)17(12-30)22(31)33-24(36)18(38-25(21)33)11-19(34)37-2/h3-10,18,20H,11,31H2,1-2H3,(H,32,35)/t18-,20+/m0/s1. The fourth-order valence-electron chi connectivity index (χ4n) is 4.18. The van der Waals surface area contributed by atoms with Gasteiger partial charge < -0.3 is 15.8 Å². The topological polar surface area (TPSA) is 126 Å². The maximum absolute atomic E-state index is 13.7. The Kier molecular flexibility index (Phi) is 7.24. The number of esters is 1. The summed E-state index contributed by atoms with van der Waals surface area (Å²) in [6.07, 6.45) is -4.90. The number of halogens is 3. The van der Waals surface area contributed by atoms with Gasteiger partial charge in [0, 0.05) is 5.69 Å². The van der Waals surface area contributed by atoms with Crippen LogP contribution in [-0.4, -0.2) is 35.0 Å². The number of carbonyl (C=O) groups excluding carboxylic acids is 3. The molecule has 0 unspecified atom stereocenters. The Morgan fingerprint density at radius 1 is 1.16 bits per heavy atom. The van der Waals surface area contributed by atoms with Crippen LogP contribution in [0.1, 0.15) is 29.0 Å². The second-order valence-corrected chi connectivity index (χ2v) is 9.75. The lowest BCUT2D eigenvalue weighted by Gasteiger charge is -2.32. The van der Waals surface area contributed by atoms with Crippen molar-refractivity contribution in [3.8, 4) is 6.07 Å². The monoisotopic (exact) mass is 542 g/mol. The summed E-state index contributed by atoms with van der Waals surface area (Å²) in [5.74, 6) is -3.39. The van der Waals surface area contributed by atoms with Crippen LogP contribution >= 0.6 is 11.8 Å². The molecular formula is C26H21F3N4O4S. The van der Waals surface area contributed by atoms with E-state index in [0.717, 1.165) is 34.4 Å². The maximum atomic E-state index is 13.7. The average molecular weight is 543 g/mol. The number of rotatable bonds is 5. The minimum Gasteiger partial charge on any atom is -0.469 e. The molecule has 4 rings (SSSR count). The lowest BCUT2D eigenvalue weighted by atomic mass is 9.82. The van der Waals surface area contributed by atoms with Gasteiger partial charge in [-0.3, -0.25) is 19.3 Å². The SMILES string of the molecule is COC(=O)C[C@@H]1SC2=C(C(=O)Nc3ccc(C)cc3)[C@H](c3ccc(C(F)(F)F)cc3)C(C#N)=C(N)N2C1=O. The van der Waals surface area contributed by atoms with Crippen molar-refractivity contribution in [2.24, 2.45) is 5.73 Å². The highest BCUT2D eigenvalue weighted by atomic mass is 32.2. The molecule has 0 saturated carbocycles. The molecule has 2 aromatic rings. The van der Waals surface area contributed by atoms with Gasteiger partial charge in [-0.2, -0.15) is 18.4 Å². The molecule has 3 N–H and O–H groups in total. The fraction of sp³-hybridized carbons (Fsp3) is 0.231. The third kappa shape index (κ3) is 4.97. The Bertz CT molecular complexity index is 1410. The minimum atomic E-state index is -4.59. The van der Waals surface area contributed by atoms with Crippen molar-refractivity contribution in [1.29, 1.82) is 5.26 Å². The van der Waals surface area contributed by atoms with E-state index in [1.54, 1.807) is 24.3 Å². The first-order chi connectivity index (χ1) is 18.0. The summed E-state index contributed by atoms with van der Waals surface area (Å²) in [5, 5.41) is 11.9. The number of nitrogens with one attached hydrogen (secondary N) is 1. The van der Waals surface area contributed by atoms with Gasteiger partial charge in [0.15, 0.2) is 0 Å². The number of alkyl halides is 3. The molecule has 0 bridgehead atoms. The second-order valence-electron chi connectivity index (χ2n) is 8.56. The number of methoxy groups -OCH3 is 1. The van der Waals surface area contributed by atoms with Crippen LogP contribution < -0.4 is 11.1 Å². The third-order valence-corrected chi connectivity index (χ3v) is 7.38. The number of hydrogen-bond donors (Lipinski definition) is 2. The summed E-state index contributed by atoms with van der Waals surface area (Å²) in [5.41, 5.74) is 6.66. The number of fused-ring (bicyclic) bond motifs is 1. The van der Waals surface area contributed by atoms with E-state index < -0.39 is 40.7 Å². The molecule has 2 aliphatic heterocycles. The second kappa shape index (κ2) is 10.3. The summed E-state index contributed by atoms with van der Waals surface area (Å²) in [4.78, 5) is 39.8. The Morgan fingerprint density at radius 2 is 1.79 bits per heavy atom. The molecular weight excluding hydrogens is 521 g/mol. The lowest BCUT2D eigenvalue weighted by Crippen LogP contribution is -2.39. The van der Waals surface area contributed by atoms with Gasteiger partial charge >= 0.3 is 12.1 Å². The Morgan fingerprint density at radius 3 is 2.34 bits per heavy atom. The van der Waals surface area contributed by atoms with Gasteiger partial charge in [0.25, 0.3) is 5.91 Å². The number of nitrogens with zero attached hydrogens (tertiary/aromatic N) is 2. The normalized spacial score (nSPS) is 19.3. The molecule has 0 radical (unpaired) electrons. The summed E-state index contributed by atoms with van der Waals surface area (Å²) in [6.45, 7) is 1.87. The Balaban J connectivity index is 1.87. The fourth-order valence-corrected chi connectivity index (χ4v) is 5.50. The molecule has 2 atom stereocenters. The van der Waals surface area contributed by atoms with Crippen LogP contribution in [0.25, 0.3) is 0 Å². The van der Waals surface area contributed by atoms with Crippen molar-refractivity contribution in [1.82, 2.24) is 4.90 Å². The smallest absolute Gasteiger partial charge is 0.416 e. The number of carbonyl (C=O) groups is 3. The molecule has 0 aliphatic carbocycles. The largest absolute Gasteiger partial charge is 0.469 e. The molecule has 2 aliphatic rings. The summed E-state index contributed by atoms with van der Waals surface area (Å²) in [6, 6.07) is 12.8. The van der Waals surface area contributed by atoms with Crippen molar-refractivity contribution in [2.45, 2.75) is 30.7 Å². The van der Waals surface area contributed by atoms with Crippen molar-refractivity contribution < 1.29 is 32.3 Å².